The molecule has 0 N–H and O–H groups in total. The second-order valence-corrected chi connectivity index (χ2v) is 9.98. The van der Waals surface area contributed by atoms with Crippen molar-refractivity contribution in [1.29, 1.82) is 0 Å². The van der Waals surface area contributed by atoms with Crippen LogP contribution >= 0.6 is 11.6 Å². The van der Waals surface area contributed by atoms with Crippen molar-refractivity contribution >= 4 is 35.5 Å². The monoisotopic (exact) mass is 488 g/mol. The summed E-state index contributed by atoms with van der Waals surface area (Å²) >= 11 is 5.76. The summed E-state index contributed by atoms with van der Waals surface area (Å²) in [5, 5.41) is 0. The highest BCUT2D eigenvalue weighted by Gasteiger charge is 2.59. The molecule has 0 spiro atoms. The molecule has 9 heteroatoms. The van der Waals surface area contributed by atoms with E-state index in [-0.39, 0.29) is 29.8 Å². The van der Waals surface area contributed by atoms with Crippen molar-refractivity contribution in [1.82, 2.24) is 0 Å². The first kappa shape index (κ1) is 27.4. The molecule has 0 radical (unpaired) electrons. The predicted molar refractivity (Wildman–Crippen MR) is 120 cm³/mol. The van der Waals surface area contributed by atoms with Gasteiger partial charge in [0.25, 0.3) is 0 Å². The molecule has 3 aliphatic rings. The Labute approximate surface area is 201 Å². The van der Waals surface area contributed by atoms with Crippen LogP contribution in [0.5, 0.6) is 0 Å². The Morgan fingerprint density at radius 3 is 1.76 bits per heavy atom. The fourth-order valence-corrected chi connectivity index (χ4v) is 6.48. The molecule has 3 saturated carbocycles. The molecule has 0 aromatic heterocycles. The highest BCUT2D eigenvalue weighted by Crippen LogP contribution is 2.59. The topological polar surface area (TPSA) is 105 Å². The van der Waals surface area contributed by atoms with Crippen molar-refractivity contribution in [2.45, 2.75) is 70.6 Å². The molecule has 0 aromatic rings. The maximum atomic E-state index is 11.9. The number of alkyl halides is 1. The van der Waals surface area contributed by atoms with Gasteiger partial charge in [0.2, 0.25) is 0 Å². The van der Waals surface area contributed by atoms with Gasteiger partial charge in [0.05, 0.1) is 50.6 Å². The van der Waals surface area contributed by atoms with E-state index >= 15 is 0 Å². The van der Waals surface area contributed by atoms with E-state index in [2.05, 4.69) is 0 Å². The van der Waals surface area contributed by atoms with E-state index in [0.717, 1.165) is 51.4 Å². The van der Waals surface area contributed by atoms with Crippen molar-refractivity contribution < 1.29 is 38.1 Å². The van der Waals surface area contributed by atoms with Gasteiger partial charge >= 0.3 is 23.9 Å². The number of halogens is 1. The fourth-order valence-electron chi connectivity index (χ4n) is 6.12. The van der Waals surface area contributed by atoms with Crippen molar-refractivity contribution in [2.24, 2.45) is 22.2 Å². The lowest BCUT2D eigenvalue weighted by atomic mass is 9.68. The first-order valence-corrected chi connectivity index (χ1v) is 12.1. The number of methoxy groups -OCH3 is 4. The van der Waals surface area contributed by atoms with Crippen LogP contribution < -0.4 is 0 Å². The van der Waals surface area contributed by atoms with Crippen molar-refractivity contribution in [3.63, 3.8) is 0 Å². The molecule has 0 amide bonds. The Bertz CT molecular complexity index is 706. The third-order valence-corrected chi connectivity index (χ3v) is 8.07. The zero-order valence-electron chi connectivity index (χ0n) is 20.2. The van der Waals surface area contributed by atoms with Crippen molar-refractivity contribution in [3.8, 4) is 0 Å². The van der Waals surface area contributed by atoms with E-state index in [4.69, 9.17) is 30.5 Å². The average molecular weight is 489 g/mol. The Hall–Kier alpha value is -1.83. The zero-order valence-corrected chi connectivity index (χ0v) is 21.0. The van der Waals surface area contributed by atoms with E-state index in [1.54, 1.807) is 0 Å². The van der Waals surface area contributed by atoms with Crippen molar-refractivity contribution in [2.75, 3.05) is 34.3 Å². The van der Waals surface area contributed by atoms with Gasteiger partial charge in [-0.3, -0.25) is 19.2 Å². The predicted octanol–water partition coefficient (Wildman–Crippen LogP) is 3.81. The number of ether oxygens (including phenoxy) is 4. The number of rotatable bonds is 6. The lowest BCUT2D eigenvalue weighted by Gasteiger charge is -2.37. The van der Waals surface area contributed by atoms with E-state index < -0.39 is 16.2 Å². The molecule has 188 valence electrons. The van der Waals surface area contributed by atoms with E-state index in [1.807, 2.05) is 0 Å². The summed E-state index contributed by atoms with van der Waals surface area (Å²) in [4.78, 5) is 47.1. The van der Waals surface area contributed by atoms with E-state index in [0.29, 0.717) is 25.1 Å². The highest BCUT2D eigenvalue weighted by atomic mass is 35.5. The second-order valence-electron chi connectivity index (χ2n) is 9.60. The molecule has 0 aliphatic heterocycles. The number of carbonyl (C=O) groups excluding carboxylic acids is 4. The van der Waals surface area contributed by atoms with Gasteiger partial charge in [-0.2, -0.15) is 0 Å². The number of fused-ring (bicyclic) bond motifs is 2. The summed E-state index contributed by atoms with van der Waals surface area (Å²) in [5.41, 5.74) is -1.43. The van der Waals surface area contributed by atoms with Crippen LogP contribution in [0.4, 0.5) is 0 Å². The van der Waals surface area contributed by atoms with Crippen LogP contribution in [-0.2, 0) is 38.1 Å². The van der Waals surface area contributed by atoms with Crippen LogP contribution in [0.2, 0.25) is 0 Å². The second kappa shape index (κ2) is 11.5. The number of hydrogen-bond acceptors (Lipinski definition) is 8. The third kappa shape index (κ3) is 5.64. The normalized spacial score (nSPS) is 32.6. The van der Waals surface area contributed by atoms with Gasteiger partial charge in [0.1, 0.15) is 0 Å². The van der Waals surface area contributed by atoms with Gasteiger partial charge in [-0.1, -0.05) is 12.8 Å². The maximum absolute atomic E-state index is 11.9. The summed E-state index contributed by atoms with van der Waals surface area (Å²) in [6, 6.07) is 0. The number of carbonyl (C=O) groups is 4. The fraction of sp³-hybridized carbons (Fsp3) is 0.833. The average Bonchev–Trinajstić information content (AvgIpc) is 3.14. The lowest BCUT2D eigenvalue weighted by Crippen LogP contribution is -2.40. The minimum Gasteiger partial charge on any atom is -0.469 e. The Morgan fingerprint density at radius 1 is 0.758 bits per heavy atom. The molecule has 3 aliphatic carbocycles. The van der Waals surface area contributed by atoms with Crippen LogP contribution in [0.1, 0.15) is 70.6 Å². The van der Waals surface area contributed by atoms with Crippen LogP contribution in [0.15, 0.2) is 0 Å². The highest BCUT2D eigenvalue weighted by molar-refractivity contribution is 6.18. The van der Waals surface area contributed by atoms with E-state index in [1.165, 1.54) is 28.4 Å². The Morgan fingerprint density at radius 2 is 1.30 bits per heavy atom. The number of esters is 4. The first-order valence-electron chi connectivity index (χ1n) is 11.6. The molecular weight excluding hydrogens is 452 g/mol. The third-order valence-electron chi connectivity index (χ3n) is 7.88. The van der Waals surface area contributed by atoms with E-state index in [9.17, 15) is 19.2 Å². The lowest BCUT2D eigenvalue weighted by molar-refractivity contribution is -0.161. The van der Waals surface area contributed by atoms with Crippen LogP contribution in [0.3, 0.4) is 0 Å². The Balaban J connectivity index is 0.000000234. The molecule has 8 nitrogen and oxygen atoms in total. The molecule has 0 saturated heterocycles. The maximum Gasteiger partial charge on any atom is 0.311 e. The van der Waals surface area contributed by atoms with Crippen LogP contribution in [-0.4, -0.2) is 58.2 Å². The van der Waals surface area contributed by atoms with Gasteiger partial charge in [0.15, 0.2) is 0 Å². The molecular formula is C24H37ClO8. The van der Waals surface area contributed by atoms with Crippen LogP contribution in [0.25, 0.3) is 0 Å². The quantitative estimate of drug-likeness (QED) is 0.315. The minimum atomic E-state index is -0.604. The molecule has 4 atom stereocenters. The Kier molecular flexibility index (Phi) is 9.58. The van der Waals surface area contributed by atoms with Gasteiger partial charge in [-0.15, -0.1) is 11.6 Å². The first-order chi connectivity index (χ1) is 15.7. The standard InChI is InChI=1S/C12H19ClO4.C12H18O4/c1-16-10(14)9-4-3-5-12(8-9,6-7-13)11(15)17-2;1-15-9(13)11-4-3-5-12(8-11,7-6-11)10(14)16-2/h9H,3-8H2,1-2H3;3-8H2,1-2H3. The molecule has 4 unspecified atom stereocenters. The van der Waals surface area contributed by atoms with Crippen LogP contribution in [0, 0.1) is 22.2 Å². The molecule has 33 heavy (non-hydrogen) atoms. The van der Waals surface area contributed by atoms with Gasteiger partial charge in [-0.25, -0.2) is 0 Å². The summed E-state index contributed by atoms with van der Waals surface area (Å²) in [6.45, 7) is 0. The van der Waals surface area contributed by atoms with Gasteiger partial charge < -0.3 is 18.9 Å². The largest absolute Gasteiger partial charge is 0.469 e. The van der Waals surface area contributed by atoms with Gasteiger partial charge in [0, 0.05) is 5.88 Å². The summed E-state index contributed by atoms with van der Waals surface area (Å²) < 4.78 is 19.4. The van der Waals surface area contributed by atoms with Gasteiger partial charge in [-0.05, 0) is 57.8 Å². The SMILES string of the molecule is COC(=O)C12CCCC(C(=O)OC)(CC1)C2.COC(=O)C1CCCC(CCCl)(C(=O)OC)C1. The summed E-state index contributed by atoms with van der Waals surface area (Å²) in [6.07, 6.45) is 8.09. The smallest absolute Gasteiger partial charge is 0.311 e. The summed E-state index contributed by atoms with van der Waals surface area (Å²) in [5.74, 6) is -0.630. The molecule has 3 rings (SSSR count). The molecule has 3 fully saturated rings. The zero-order chi connectivity index (χ0) is 24.7. The molecule has 0 aromatic carbocycles. The van der Waals surface area contributed by atoms with Crippen molar-refractivity contribution in [3.05, 3.63) is 0 Å². The summed E-state index contributed by atoms with van der Waals surface area (Å²) in [7, 11) is 5.59. The minimum absolute atomic E-state index is 0.155. The molecule has 2 bridgehead atoms. The molecule has 0 heterocycles. The number of hydrogen-bond donors (Lipinski definition) is 0.